The molecule has 98 valence electrons. The topological polar surface area (TPSA) is 40.5 Å². The molecule has 2 unspecified atom stereocenters. The van der Waals surface area contributed by atoms with Gasteiger partial charge in [0.2, 0.25) is 0 Å². The number of benzene rings is 1. The number of carboxylic acids is 1. The van der Waals surface area contributed by atoms with Crippen molar-refractivity contribution < 1.29 is 14.3 Å². The summed E-state index contributed by atoms with van der Waals surface area (Å²) in [5.74, 6) is -1.43. The molecule has 0 radical (unpaired) electrons. The first-order valence-corrected chi connectivity index (χ1v) is 6.25. The average Bonchev–Trinajstić information content (AvgIpc) is 2.65. The van der Waals surface area contributed by atoms with E-state index in [1.54, 1.807) is 12.1 Å². The molecule has 1 heterocycles. The van der Waals surface area contributed by atoms with E-state index in [0.29, 0.717) is 30.2 Å². The van der Waals surface area contributed by atoms with Gasteiger partial charge in [-0.05, 0) is 18.1 Å². The predicted octanol–water partition coefficient (Wildman–Crippen LogP) is 2.63. The monoisotopic (exact) mass is 271 g/mol. The third-order valence-corrected chi connectivity index (χ3v) is 3.80. The molecule has 1 aliphatic heterocycles. The predicted molar refractivity (Wildman–Crippen MR) is 67.0 cm³/mol. The maximum absolute atomic E-state index is 13.6. The van der Waals surface area contributed by atoms with E-state index in [4.69, 9.17) is 16.7 Å². The molecule has 3 nitrogen and oxygen atoms in total. The van der Waals surface area contributed by atoms with Crippen LogP contribution in [0.2, 0.25) is 5.02 Å². The van der Waals surface area contributed by atoms with Crippen molar-refractivity contribution in [2.75, 3.05) is 13.1 Å². The molecular formula is C13H15ClFNO2. The molecular weight excluding hydrogens is 257 g/mol. The highest BCUT2D eigenvalue weighted by atomic mass is 35.5. The maximum atomic E-state index is 13.6. The Morgan fingerprint density at radius 2 is 2.28 bits per heavy atom. The van der Waals surface area contributed by atoms with E-state index in [0.717, 1.165) is 0 Å². The number of rotatable bonds is 3. The average molecular weight is 272 g/mol. The van der Waals surface area contributed by atoms with Crippen LogP contribution in [0.3, 0.4) is 0 Å². The van der Waals surface area contributed by atoms with Gasteiger partial charge in [0, 0.05) is 30.2 Å². The molecule has 18 heavy (non-hydrogen) atoms. The number of nitrogens with zero attached hydrogens (tertiary/aromatic N) is 1. The molecule has 0 aromatic heterocycles. The van der Waals surface area contributed by atoms with Crippen LogP contribution < -0.4 is 0 Å². The van der Waals surface area contributed by atoms with Crippen molar-refractivity contribution in [1.82, 2.24) is 4.90 Å². The fraction of sp³-hybridized carbons (Fsp3) is 0.462. The van der Waals surface area contributed by atoms with E-state index in [1.165, 1.54) is 6.07 Å². The summed E-state index contributed by atoms with van der Waals surface area (Å²) in [5.41, 5.74) is 0.442. The van der Waals surface area contributed by atoms with Crippen LogP contribution in [0.5, 0.6) is 0 Å². The number of aliphatic carboxylic acids is 1. The molecule has 2 atom stereocenters. The fourth-order valence-electron chi connectivity index (χ4n) is 2.42. The summed E-state index contributed by atoms with van der Waals surface area (Å²) in [4.78, 5) is 13.0. The van der Waals surface area contributed by atoms with Crippen LogP contribution in [0.25, 0.3) is 0 Å². The van der Waals surface area contributed by atoms with Gasteiger partial charge in [-0.15, -0.1) is 0 Å². The Morgan fingerprint density at radius 1 is 1.56 bits per heavy atom. The SMILES string of the molecule is CC1CN(Cc2c(F)cccc2Cl)CC1C(=O)O. The lowest BCUT2D eigenvalue weighted by molar-refractivity contribution is -0.142. The third kappa shape index (κ3) is 2.65. The summed E-state index contributed by atoms with van der Waals surface area (Å²) < 4.78 is 13.6. The number of hydrogen-bond donors (Lipinski definition) is 1. The summed E-state index contributed by atoms with van der Waals surface area (Å²) in [6.45, 7) is 3.37. The normalized spacial score (nSPS) is 24.4. The Bertz CT molecular complexity index is 446. The zero-order chi connectivity index (χ0) is 13.3. The summed E-state index contributed by atoms with van der Waals surface area (Å²) in [6, 6.07) is 4.58. The smallest absolute Gasteiger partial charge is 0.308 e. The van der Waals surface area contributed by atoms with Gasteiger partial charge in [0.15, 0.2) is 0 Å². The van der Waals surface area contributed by atoms with Crippen LogP contribution in [0.4, 0.5) is 4.39 Å². The van der Waals surface area contributed by atoms with Gasteiger partial charge in [0.1, 0.15) is 5.82 Å². The molecule has 5 heteroatoms. The van der Waals surface area contributed by atoms with Crippen molar-refractivity contribution in [2.45, 2.75) is 13.5 Å². The second-order valence-corrected chi connectivity index (χ2v) is 5.22. The van der Waals surface area contributed by atoms with Gasteiger partial charge in [-0.3, -0.25) is 9.69 Å². The van der Waals surface area contributed by atoms with E-state index >= 15 is 0 Å². The Hall–Kier alpha value is -1.13. The highest BCUT2D eigenvalue weighted by Gasteiger charge is 2.34. The molecule has 1 N–H and O–H groups in total. The summed E-state index contributed by atoms with van der Waals surface area (Å²) in [7, 11) is 0. The van der Waals surface area contributed by atoms with Gasteiger partial charge in [0.05, 0.1) is 5.92 Å². The number of likely N-dealkylation sites (tertiary alicyclic amines) is 1. The lowest BCUT2D eigenvalue weighted by Gasteiger charge is -2.16. The van der Waals surface area contributed by atoms with Crippen molar-refractivity contribution in [3.63, 3.8) is 0 Å². The minimum atomic E-state index is -0.787. The summed E-state index contributed by atoms with van der Waals surface area (Å²) in [6.07, 6.45) is 0. The Morgan fingerprint density at radius 3 is 2.83 bits per heavy atom. The van der Waals surface area contributed by atoms with E-state index in [2.05, 4.69) is 0 Å². The standard InChI is InChI=1S/C13H15ClFNO2/c1-8-5-16(6-9(8)13(17)18)7-10-11(14)3-2-4-12(10)15/h2-4,8-9H,5-7H2,1H3,(H,17,18). The number of halogens is 2. The second kappa shape index (κ2) is 5.24. The lowest BCUT2D eigenvalue weighted by Crippen LogP contribution is -2.23. The molecule has 1 aromatic carbocycles. The molecule has 0 spiro atoms. The van der Waals surface area contributed by atoms with Crippen LogP contribution in [-0.2, 0) is 11.3 Å². The molecule has 1 aromatic rings. The van der Waals surface area contributed by atoms with E-state index < -0.39 is 5.97 Å². The molecule has 0 bridgehead atoms. The van der Waals surface area contributed by atoms with Gasteiger partial charge in [-0.25, -0.2) is 4.39 Å². The first-order chi connectivity index (χ1) is 8.49. The highest BCUT2D eigenvalue weighted by Crippen LogP contribution is 2.27. The van der Waals surface area contributed by atoms with Gasteiger partial charge < -0.3 is 5.11 Å². The molecule has 2 rings (SSSR count). The molecule has 0 amide bonds. The minimum Gasteiger partial charge on any atom is -0.481 e. The van der Waals surface area contributed by atoms with Crippen molar-refractivity contribution in [2.24, 2.45) is 11.8 Å². The van der Waals surface area contributed by atoms with Crippen LogP contribution >= 0.6 is 11.6 Å². The largest absolute Gasteiger partial charge is 0.481 e. The zero-order valence-corrected chi connectivity index (χ0v) is 10.8. The quantitative estimate of drug-likeness (QED) is 0.919. The van der Waals surface area contributed by atoms with Crippen molar-refractivity contribution in [3.05, 3.63) is 34.6 Å². The Kier molecular flexibility index (Phi) is 3.88. The van der Waals surface area contributed by atoms with Crippen LogP contribution in [0.15, 0.2) is 18.2 Å². The molecule has 1 fully saturated rings. The zero-order valence-electron chi connectivity index (χ0n) is 10.1. The summed E-state index contributed by atoms with van der Waals surface area (Å²) >= 11 is 5.96. The van der Waals surface area contributed by atoms with Crippen LogP contribution in [0, 0.1) is 17.7 Å². The Labute approximate surface area is 110 Å². The van der Waals surface area contributed by atoms with E-state index in [1.807, 2.05) is 11.8 Å². The third-order valence-electron chi connectivity index (χ3n) is 3.45. The van der Waals surface area contributed by atoms with Crippen molar-refractivity contribution >= 4 is 17.6 Å². The minimum absolute atomic E-state index is 0.0769. The molecule has 1 saturated heterocycles. The van der Waals surface area contributed by atoms with Crippen molar-refractivity contribution in [1.29, 1.82) is 0 Å². The van der Waals surface area contributed by atoms with Gasteiger partial charge in [0.25, 0.3) is 0 Å². The number of carboxylic acid groups (broad SMARTS) is 1. The first kappa shape index (κ1) is 13.3. The summed E-state index contributed by atoms with van der Waals surface area (Å²) in [5, 5.41) is 9.44. The molecule has 0 saturated carbocycles. The van der Waals surface area contributed by atoms with Gasteiger partial charge in [-0.2, -0.15) is 0 Å². The van der Waals surface area contributed by atoms with E-state index in [-0.39, 0.29) is 17.7 Å². The van der Waals surface area contributed by atoms with Crippen molar-refractivity contribution in [3.8, 4) is 0 Å². The molecule has 1 aliphatic rings. The van der Waals surface area contributed by atoms with Crippen LogP contribution in [-0.4, -0.2) is 29.1 Å². The highest BCUT2D eigenvalue weighted by molar-refractivity contribution is 6.31. The second-order valence-electron chi connectivity index (χ2n) is 4.82. The maximum Gasteiger partial charge on any atom is 0.308 e. The number of carbonyl (C=O) groups is 1. The fourth-order valence-corrected chi connectivity index (χ4v) is 2.65. The number of hydrogen-bond acceptors (Lipinski definition) is 2. The first-order valence-electron chi connectivity index (χ1n) is 5.87. The van der Waals surface area contributed by atoms with E-state index in [9.17, 15) is 9.18 Å². The van der Waals surface area contributed by atoms with Crippen LogP contribution in [0.1, 0.15) is 12.5 Å². The lowest BCUT2D eigenvalue weighted by atomic mass is 9.99. The Balaban J connectivity index is 2.10. The molecule has 0 aliphatic carbocycles. The van der Waals surface area contributed by atoms with Gasteiger partial charge in [-0.1, -0.05) is 24.6 Å². The van der Waals surface area contributed by atoms with Gasteiger partial charge >= 0.3 is 5.97 Å².